The summed E-state index contributed by atoms with van der Waals surface area (Å²) in [5.41, 5.74) is 1.79. The minimum absolute atomic E-state index is 0.241. The third kappa shape index (κ3) is 3.26. The van der Waals surface area contributed by atoms with Gasteiger partial charge in [-0.15, -0.1) is 5.10 Å². The van der Waals surface area contributed by atoms with Crippen molar-refractivity contribution in [1.29, 1.82) is 0 Å². The highest BCUT2D eigenvalue weighted by Crippen LogP contribution is 2.22. The average molecular weight is 260 g/mol. The van der Waals surface area contributed by atoms with Gasteiger partial charge in [0.1, 0.15) is 5.82 Å². The van der Waals surface area contributed by atoms with Gasteiger partial charge in [0.05, 0.1) is 5.69 Å². The third-order valence-electron chi connectivity index (χ3n) is 2.79. The quantitative estimate of drug-likeness (QED) is 0.896. The molecule has 100 valence electrons. The van der Waals surface area contributed by atoms with E-state index in [2.05, 4.69) is 15.5 Å². The highest BCUT2D eigenvalue weighted by Gasteiger charge is 2.09. The molecule has 0 aliphatic rings. The molecular weight excluding hydrogens is 243 g/mol. The molecule has 19 heavy (non-hydrogen) atoms. The monoisotopic (exact) mass is 260 g/mol. The fourth-order valence-corrected chi connectivity index (χ4v) is 1.87. The number of nitrogens with one attached hydrogen (secondary N) is 1. The van der Waals surface area contributed by atoms with Crippen LogP contribution in [0.25, 0.3) is 0 Å². The molecule has 1 aromatic heterocycles. The summed E-state index contributed by atoms with van der Waals surface area (Å²) >= 11 is 0. The van der Waals surface area contributed by atoms with Crippen LogP contribution in [0.15, 0.2) is 36.4 Å². The number of hydrogen-bond acceptors (Lipinski definition) is 4. The summed E-state index contributed by atoms with van der Waals surface area (Å²) in [4.78, 5) is 1.98. The summed E-state index contributed by atoms with van der Waals surface area (Å²) < 4.78 is 12.9. The molecule has 0 spiro atoms. The second kappa shape index (κ2) is 6.24. The minimum Gasteiger partial charge on any atom is -0.325 e. The summed E-state index contributed by atoms with van der Waals surface area (Å²) in [6.07, 6.45) is 0. The predicted octanol–water partition coefficient (Wildman–Crippen LogP) is 2.49. The Labute approximate surface area is 112 Å². The molecule has 1 heterocycles. The van der Waals surface area contributed by atoms with Crippen LogP contribution in [0.3, 0.4) is 0 Å². The van der Waals surface area contributed by atoms with Gasteiger partial charge < -0.3 is 10.2 Å². The van der Waals surface area contributed by atoms with Gasteiger partial charge >= 0.3 is 0 Å². The predicted molar refractivity (Wildman–Crippen MR) is 73.9 cm³/mol. The smallest absolute Gasteiger partial charge is 0.155 e. The summed E-state index contributed by atoms with van der Waals surface area (Å²) in [5.74, 6) is 0.518. The Hall–Kier alpha value is -2.01. The van der Waals surface area contributed by atoms with Gasteiger partial charge in [0.15, 0.2) is 5.82 Å². The van der Waals surface area contributed by atoms with Crippen molar-refractivity contribution in [2.45, 2.75) is 13.5 Å². The van der Waals surface area contributed by atoms with Crippen molar-refractivity contribution in [2.24, 2.45) is 0 Å². The van der Waals surface area contributed by atoms with Crippen LogP contribution in [0.2, 0.25) is 0 Å². The van der Waals surface area contributed by atoms with E-state index in [1.807, 2.05) is 31.0 Å². The fourth-order valence-electron chi connectivity index (χ4n) is 1.87. The lowest BCUT2D eigenvalue weighted by Gasteiger charge is -2.21. The number of anilines is 2. The normalized spacial score (nSPS) is 10.5. The maximum Gasteiger partial charge on any atom is 0.155 e. The van der Waals surface area contributed by atoms with E-state index in [-0.39, 0.29) is 5.82 Å². The Morgan fingerprint density at radius 2 is 1.84 bits per heavy atom. The lowest BCUT2D eigenvalue weighted by Crippen LogP contribution is -2.18. The molecule has 0 aliphatic heterocycles. The van der Waals surface area contributed by atoms with Crippen molar-refractivity contribution < 1.29 is 4.39 Å². The summed E-state index contributed by atoms with van der Waals surface area (Å²) in [6.45, 7) is 3.45. The van der Waals surface area contributed by atoms with Gasteiger partial charge in [0, 0.05) is 18.8 Å². The SMILES string of the molecule is CCN(c1ccc(F)cc1)c1ccc(CNC)nn1. The number of rotatable bonds is 5. The third-order valence-corrected chi connectivity index (χ3v) is 2.79. The zero-order valence-electron chi connectivity index (χ0n) is 11.1. The second-order valence-electron chi connectivity index (χ2n) is 4.13. The molecule has 1 aromatic carbocycles. The molecule has 2 rings (SSSR count). The molecule has 0 bridgehead atoms. The molecule has 0 amide bonds. The highest BCUT2D eigenvalue weighted by atomic mass is 19.1. The molecule has 0 atom stereocenters. The molecule has 4 nitrogen and oxygen atoms in total. The fraction of sp³-hybridized carbons (Fsp3) is 0.286. The first-order valence-corrected chi connectivity index (χ1v) is 6.25. The van der Waals surface area contributed by atoms with Gasteiger partial charge in [0.2, 0.25) is 0 Å². The molecule has 5 heteroatoms. The van der Waals surface area contributed by atoms with E-state index >= 15 is 0 Å². The molecule has 0 aliphatic carbocycles. The van der Waals surface area contributed by atoms with Gasteiger partial charge in [0.25, 0.3) is 0 Å². The molecule has 0 fully saturated rings. The number of hydrogen-bond donors (Lipinski definition) is 1. The van der Waals surface area contributed by atoms with Crippen LogP contribution < -0.4 is 10.2 Å². The van der Waals surface area contributed by atoms with Crippen LogP contribution in [0, 0.1) is 5.82 Å². The largest absolute Gasteiger partial charge is 0.325 e. The molecule has 0 saturated heterocycles. The van der Waals surface area contributed by atoms with Crippen LogP contribution in [-0.2, 0) is 6.54 Å². The van der Waals surface area contributed by atoms with E-state index in [0.29, 0.717) is 6.54 Å². The molecule has 0 saturated carbocycles. The lowest BCUT2D eigenvalue weighted by molar-refractivity contribution is 0.627. The van der Waals surface area contributed by atoms with E-state index in [1.165, 1.54) is 12.1 Å². The van der Waals surface area contributed by atoms with Crippen LogP contribution in [0.4, 0.5) is 15.9 Å². The highest BCUT2D eigenvalue weighted by molar-refractivity contribution is 5.59. The first-order chi connectivity index (χ1) is 9.24. The summed E-state index contributed by atoms with van der Waals surface area (Å²) in [5, 5.41) is 11.4. The van der Waals surface area contributed by atoms with Gasteiger partial charge in [-0.2, -0.15) is 5.10 Å². The Morgan fingerprint density at radius 1 is 1.11 bits per heavy atom. The van der Waals surface area contributed by atoms with E-state index in [1.54, 1.807) is 12.1 Å². The van der Waals surface area contributed by atoms with Gasteiger partial charge in [-0.25, -0.2) is 4.39 Å². The van der Waals surface area contributed by atoms with E-state index in [0.717, 1.165) is 23.7 Å². The van der Waals surface area contributed by atoms with E-state index in [4.69, 9.17) is 0 Å². The zero-order chi connectivity index (χ0) is 13.7. The Kier molecular flexibility index (Phi) is 4.41. The Balaban J connectivity index is 2.23. The molecule has 0 radical (unpaired) electrons. The summed E-state index contributed by atoms with van der Waals surface area (Å²) in [7, 11) is 1.87. The number of nitrogens with zero attached hydrogens (tertiary/aromatic N) is 3. The maximum atomic E-state index is 12.9. The van der Waals surface area contributed by atoms with Crippen LogP contribution >= 0.6 is 0 Å². The van der Waals surface area contributed by atoms with Crippen molar-refractivity contribution >= 4 is 11.5 Å². The first-order valence-electron chi connectivity index (χ1n) is 6.25. The van der Waals surface area contributed by atoms with Gasteiger partial charge in [-0.3, -0.25) is 0 Å². The second-order valence-corrected chi connectivity index (χ2v) is 4.13. The lowest BCUT2D eigenvalue weighted by atomic mass is 10.2. The first kappa shape index (κ1) is 13.4. The van der Waals surface area contributed by atoms with Crippen LogP contribution in [0.1, 0.15) is 12.6 Å². The van der Waals surface area contributed by atoms with Crippen molar-refractivity contribution in [3.63, 3.8) is 0 Å². The van der Waals surface area contributed by atoms with Gasteiger partial charge in [-0.05, 0) is 50.4 Å². The number of halogens is 1. The Morgan fingerprint density at radius 3 is 2.37 bits per heavy atom. The molecule has 1 N–H and O–H groups in total. The summed E-state index contributed by atoms with van der Waals surface area (Å²) in [6, 6.07) is 10.2. The number of benzene rings is 1. The molecular formula is C14H17FN4. The molecule has 0 unspecified atom stereocenters. The number of aromatic nitrogens is 2. The van der Waals surface area contributed by atoms with E-state index in [9.17, 15) is 4.39 Å². The Bertz CT molecular complexity index is 510. The van der Waals surface area contributed by atoms with Crippen molar-refractivity contribution in [3.05, 3.63) is 47.9 Å². The average Bonchev–Trinajstić information content (AvgIpc) is 2.44. The van der Waals surface area contributed by atoms with Crippen LogP contribution in [0.5, 0.6) is 0 Å². The topological polar surface area (TPSA) is 41.0 Å². The van der Waals surface area contributed by atoms with Gasteiger partial charge in [-0.1, -0.05) is 0 Å². The molecule has 2 aromatic rings. The maximum absolute atomic E-state index is 12.9. The van der Waals surface area contributed by atoms with E-state index < -0.39 is 0 Å². The van der Waals surface area contributed by atoms with Crippen molar-refractivity contribution in [2.75, 3.05) is 18.5 Å². The van der Waals surface area contributed by atoms with Crippen LogP contribution in [-0.4, -0.2) is 23.8 Å². The van der Waals surface area contributed by atoms with Crippen molar-refractivity contribution in [1.82, 2.24) is 15.5 Å². The standard InChI is InChI=1S/C14H17FN4/c1-3-19(13-7-4-11(15)5-8-13)14-9-6-12(10-16-2)17-18-14/h4-9,16H,3,10H2,1-2H3. The zero-order valence-corrected chi connectivity index (χ0v) is 11.1. The van der Waals surface area contributed by atoms with Crippen molar-refractivity contribution in [3.8, 4) is 0 Å². The minimum atomic E-state index is -0.241.